The number of aryl methyl sites for hydroxylation is 1. The van der Waals surface area contributed by atoms with E-state index in [4.69, 9.17) is 15.2 Å². The van der Waals surface area contributed by atoms with Crippen LogP contribution in [0.1, 0.15) is 12.5 Å². The second kappa shape index (κ2) is 5.45. The van der Waals surface area contributed by atoms with Gasteiger partial charge in [0.25, 0.3) is 0 Å². The molecule has 0 spiro atoms. The van der Waals surface area contributed by atoms with Crippen LogP contribution in [0, 0.1) is 6.92 Å². The fraction of sp³-hybridized carbons (Fsp3) is 0.200. The highest BCUT2D eigenvalue weighted by Crippen LogP contribution is 2.28. The average Bonchev–Trinajstić information content (AvgIpc) is 2.32. The van der Waals surface area contributed by atoms with Gasteiger partial charge in [0.1, 0.15) is 17.2 Å². The van der Waals surface area contributed by atoms with E-state index < -0.39 is 0 Å². The Bertz CT molecular complexity index is 521. The molecule has 2 rings (SSSR count). The van der Waals surface area contributed by atoms with Crippen LogP contribution >= 0.6 is 0 Å². The summed E-state index contributed by atoms with van der Waals surface area (Å²) in [6.07, 6.45) is 0. The van der Waals surface area contributed by atoms with Crippen molar-refractivity contribution in [1.82, 2.24) is 0 Å². The van der Waals surface area contributed by atoms with Crippen molar-refractivity contribution in [2.24, 2.45) is 0 Å². The second-order valence-corrected chi connectivity index (χ2v) is 4.09. The molecule has 0 radical (unpaired) electrons. The molecule has 0 unspecified atom stereocenters. The number of rotatable bonds is 4. The highest BCUT2D eigenvalue weighted by atomic mass is 16.5. The molecule has 0 saturated heterocycles. The summed E-state index contributed by atoms with van der Waals surface area (Å²) in [5.41, 5.74) is 7.63. The average molecular weight is 243 g/mol. The number of ether oxygens (including phenoxy) is 2. The number of nitrogen functional groups attached to an aromatic ring is 1. The molecule has 0 amide bonds. The SMILES string of the molecule is CCOc1cc(N)cc(Oc2ccc(C)cc2)c1. The molecule has 0 aromatic heterocycles. The maximum atomic E-state index is 5.81. The Kier molecular flexibility index (Phi) is 3.72. The molecule has 94 valence electrons. The fourth-order valence-electron chi connectivity index (χ4n) is 1.65. The molecule has 2 N–H and O–H groups in total. The summed E-state index contributed by atoms with van der Waals surface area (Å²) in [6.45, 7) is 4.58. The molecule has 0 heterocycles. The lowest BCUT2D eigenvalue weighted by atomic mass is 10.2. The van der Waals surface area contributed by atoms with E-state index in [-0.39, 0.29) is 0 Å². The van der Waals surface area contributed by atoms with Gasteiger partial charge in [-0.25, -0.2) is 0 Å². The van der Waals surface area contributed by atoms with Crippen LogP contribution in [0.2, 0.25) is 0 Å². The van der Waals surface area contributed by atoms with E-state index in [1.54, 1.807) is 12.1 Å². The molecule has 18 heavy (non-hydrogen) atoms. The highest BCUT2D eigenvalue weighted by molar-refractivity contribution is 5.51. The van der Waals surface area contributed by atoms with Crippen molar-refractivity contribution in [2.45, 2.75) is 13.8 Å². The van der Waals surface area contributed by atoms with E-state index in [9.17, 15) is 0 Å². The zero-order valence-corrected chi connectivity index (χ0v) is 10.6. The van der Waals surface area contributed by atoms with Gasteiger partial charge >= 0.3 is 0 Å². The van der Waals surface area contributed by atoms with Gasteiger partial charge in [-0.3, -0.25) is 0 Å². The molecule has 2 aromatic carbocycles. The fourth-order valence-corrected chi connectivity index (χ4v) is 1.65. The maximum Gasteiger partial charge on any atom is 0.133 e. The van der Waals surface area contributed by atoms with Crippen molar-refractivity contribution in [3.05, 3.63) is 48.0 Å². The number of nitrogens with two attached hydrogens (primary N) is 1. The minimum absolute atomic E-state index is 0.605. The van der Waals surface area contributed by atoms with Gasteiger partial charge in [0, 0.05) is 23.9 Å². The van der Waals surface area contributed by atoms with Gasteiger partial charge in [0.15, 0.2) is 0 Å². The Morgan fingerprint density at radius 1 is 0.944 bits per heavy atom. The number of hydrogen-bond donors (Lipinski definition) is 1. The molecule has 0 aliphatic rings. The summed E-state index contributed by atoms with van der Waals surface area (Å²) in [5.74, 6) is 2.19. The van der Waals surface area contributed by atoms with Crippen LogP contribution in [0.5, 0.6) is 17.2 Å². The van der Waals surface area contributed by atoms with Crippen LogP contribution in [0.15, 0.2) is 42.5 Å². The van der Waals surface area contributed by atoms with E-state index >= 15 is 0 Å². The van der Waals surface area contributed by atoms with Crippen LogP contribution in [-0.4, -0.2) is 6.61 Å². The Balaban J connectivity index is 2.20. The van der Waals surface area contributed by atoms with Crippen LogP contribution in [-0.2, 0) is 0 Å². The van der Waals surface area contributed by atoms with Gasteiger partial charge in [-0.2, -0.15) is 0 Å². The molecule has 0 aliphatic carbocycles. The third kappa shape index (κ3) is 3.17. The Morgan fingerprint density at radius 3 is 2.28 bits per heavy atom. The lowest BCUT2D eigenvalue weighted by Crippen LogP contribution is -1.94. The van der Waals surface area contributed by atoms with E-state index in [0.717, 1.165) is 11.5 Å². The van der Waals surface area contributed by atoms with Crippen LogP contribution < -0.4 is 15.2 Å². The first-order chi connectivity index (χ1) is 8.67. The first-order valence-electron chi connectivity index (χ1n) is 5.95. The lowest BCUT2D eigenvalue weighted by molar-refractivity contribution is 0.338. The van der Waals surface area contributed by atoms with E-state index in [1.807, 2.05) is 44.2 Å². The Morgan fingerprint density at radius 2 is 1.61 bits per heavy atom. The molecule has 0 bridgehead atoms. The Hall–Kier alpha value is -2.16. The summed E-state index contributed by atoms with van der Waals surface area (Å²) in [7, 11) is 0. The van der Waals surface area contributed by atoms with Gasteiger partial charge in [0.05, 0.1) is 6.61 Å². The minimum atomic E-state index is 0.605. The lowest BCUT2D eigenvalue weighted by Gasteiger charge is -2.09. The van der Waals surface area contributed by atoms with Crippen molar-refractivity contribution in [2.75, 3.05) is 12.3 Å². The standard InChI is InChI=1S/C15H17NO2/c1-3-17-14-8-12(16)9-15(10-14)18-13-6-4-11(2)5-7-13/h4-10H,3,16H2,1-2H3. The normalized spacial score (nSPS) is 10.1. The third-order valence-corrected chi connectivity index (χ3v) is 2.47. The van der Waals surface area contributed by atoms with Crippen molar-refractivity contribution in [3.8, 4) is 17.2 Å². The maximum absolute atomic E-state index is 5.81. The van der Waals surface area contributed by atoms with Gasteiger partial charge < -0.3 is 15.2 Å². The largest absolute Gasteiger partial charge is 0.494 e. The molecule has 2 aromatic rings. The van der Waals surface area contributed by atoms with Gasteiger partial charge in [0.2, 0.25) is 0 Å². The predicted octanol–water partition coefficient (Wildman–Crippen LogP) is 3.77. The van der Waals surface area contributed by atoms with Gasteiger partial charge in [-0.15, -0.1) is 0 Å². The van der Waals surface area contributed by atoms with Crippen molar-refractivity contribution in [1.29, 1.82) is 0 Å². The summed E-state index contributed by atoms with van der Waals surface area (Å²) in [4.78, 5) is 0. The molecule has 0 fully saturated rings. The van der Waals surface area contributed by atoms with Crippen LogP contribution in [0.25, 0.3) is 0 Å². The van der Waals surface area contributed by atoms with Gasteiger partial charge in [-0.05, 0) is 26.0 Å². The molecule has 3 heteroatoms. The molecule has 0 saturated carbocycles. The van der Waals surface area contributed by atoms with E-state index in [0.29, 0.717) is 18.0 Å². The van der Waals surface area contributed by atoms with Crippen molar-refractivity contribution < 1.29 is 9.47 Å². The number of hydrogen-bond acceptors (Lipinski definition) is 3. The zero-order chi connectivity index (χ0) is 13.0. The zero-order valence-electron chi connectivity index (χ0n) is 10.6. The molecule has 0 aliphatic heterocycles. The van der Waals surface area contributed by atoms with Gasteiger partial charge in [-0.1, -0.05) is 17.7 Å². The highest BCUT2D eigenvalue weighted by Gasteiger charge is 2.02. The molecule has 3 nitrogen and oxygen atoms in total. The first-order valence-corrected chi connectivity index (χ1v) is 5.95. The number of anilines is 1. The Labute approximate surface area is 107 Å². The second-order valence-electron chi connectivity index (χ2n) is 4.09. The van der Waals surface area contributed by atoms with E-state index in [2.05, 4.69) is 0 Å². The summed E-state index contributed by atoms with van der Waals surface area (Å²) >= 11 is 0. The van der Waals surface area contributed by atoms with Crippen LogP contribution in [0.3, 0.4) is 0 Å². The van der Waals surface area contributed by atoms with Crippen LogP contribution in [0.4, 0.5) is 5.69 Å². The monoisotopic (exact) mass is 243 g/mol. The van der Waals surface area contributed by atoms with Crippen molar-refractivity contribution in [3.63, 3.8) is 0 Å². The summed E-state index contributed by atoms with van der Waals surface area (Å²) in [5, 5.41) is 0. The topological polar surface area (TPSA) is 44.5 Å². The quantitative estimate of drug-likeness (QED) is 0.831. The summed E-state index contributed by atoms with van der Waals surface area (Å²) < 4.78 is 11.2. The smallest absolute Gasteiger partial charge is 0.133 e. The predicted molar refractivity (Wildman–Crippen MR) is 73.3 cm³/mol. The molecular formula is C15H17NO2. The van der Waals surface area contributed by atoms with E-state index in [1.165, 1.54) is 5.56 Å². The van der Waals surface area contributed by atoms with Crippen molar-refractivity contribution >= 4 is 5.69 Å². The third-order valence-electron chi connectivity index (χ3n) is 2.47. The minimum Gasteiger partial charge on any atom is -0.494 e. The number of benzene rings is 2. The first kappa shape index (κ1) is 12.3. The summed E-state index contributed by atoms with van der Waals surface area (Å²) in [6, 6.07) is 13.3. The molecule has 0 atom stereocenters. The molecular weight excluding hydrogens is 226 g/mol.